The smallest absolute Gasteiger partial charge is 0.445 e. The molecule has 49 heavy (non-hydrogen) atoms. The second kappa shape index (κ2) is 18.1. The molecule has 0 saturated carbocycles. The van der Waals surface area contributed by atoms with Crippen molar-refractivity contribution >= 4 is 31.6 Å². The highest BCUT2D eigenvalue weighted by Crippen LogP contribution is 2.37. The molecule has 2 aliphatic heterocycles. The van der Waals surface area contributed by atoms with Crippen molar-refractivity contribution in [3.8, 4) is 5.75 Å². The summed E-state index contributed by atoms with van der Waals surface area (Å²) in [4.78, 5) is 75.9. The summed E-state index contributed by atoms with van der Waals surface area (Å²) in [6.45, 7) is 1.42. The van der Waals surface area contributed by atoms with Crippen LogP contribution in [-0.4, -0.2) is 94.8 Å². The molecule has 14 nitrogen and oxygen atoms in total. The maximum Gasteiger partial charge on any atom is 0.524 e. The van der Waals surface area contributed by atoms with Gasteiger partial charge in [-0.3, -0.25) is 24.2 Å². The molecule has 15 heteroatoms. The van der Waals surface area contributed by atoms with Crippen LogP contribution in [0.4, 0.5) is 4.79 Å². The first-order chi connectivity index (χ1) is 23.4. The Morgan fingerprint density at radius 1 is 0.959 bits per heavy atom. The van der Waals surface area contributed by atoms with Gasteiger partial charge < -0.3 is 35.0 Å². The highest BCUT2D eigenvalue weighted by Gasteiger charge is 2.44. The summed E-state index contributed by atoms with van der Waals surface area (Å²) in [7, 11) is -0.761. The molecule has 5 N–H and O–H groups in total. The molecule has 2 fully saturated rings. The van der Waals surface area contributed by atoms with Gasteiger partial charge in [-0.25, -0.2) is 9.36 Å². The van der Waals surface area contributed by atoms with Gasteiger partial charge in [0.15, 0.2) is 0 Å². The fraction of sp³-hybridized carbons (Fsp3) is 0.529. The van der Waals surface area contributed by atoms with E-state index in [-0.39, 0.29) is 36.6 Å². The first-order valence-corrected chi connectivity index (χ1v) is 18.3. The van der Waals surface area contributed by atoms with Crippen LogP contribution < -0.4 is 20.5 Å². The lowest BCUT2D eigenvalue weighted by molar-refractivity contribution is -0.144. The van der Waals surface area contributed by atoms with E-state index in [9.17, 15) is 23.7 Å². The quantitative estimate of drug-likeness (QED) is 0.137. The van der Waals surface area contributed by atoms with Gasteiger partial charge >= 0.3 is 13.9 Å². The number of hydrogen-bond acceptors (Lipinski definition) is 8. The monoisotopic (exact) mass is 701 g/mol. The number of benzene rings is 2. The number of phosphoric ester groups is 1. The number of phosphoric acid groups is 1. The number of nitrogens with one attached hydrogen (secondary N) is 3. The third-order valence-electron chi connectivity index (χ3n) is 8.69. The SMILES string of the molecule is CN(C)CCCCNC(=O)C1CCC2CCCCC(NC(=O)[C@H](Cc3ccc(OP(=O)(O)O)cc3)NC(=O)OCc3ccccc3)C(=O)N21. The van der Waals surface area contributed by atoms with Crippen molar-refractivity contribution in [2.75, 3.05) is 27.2 Å². The predicted octanol–water partition coefficient (Wildman–Crippen LogP) is 2.87. The normalized spacial score (nSPS) is 20.1. The lowest BCUT2D eigenvalue weighted by atomic mass is 9.98. The maximum atomic E-state index is 14.0. The Bertz CT molecular complexity index is 1450. The van der Waals surface area contributed by atoms with E-state index in [0.29, 0.717) is 37.8 Å². The second-order valence-corrected chi connectivity index (χ2v) is 14.0. The summed E-state index contributed by atoms with van der Waals surface area (Å²) in [5.74, 6) is -1.17. The van der Waals surface area contributed by atoms with Crippen LogP contribution in [0.5, 0.6) is 5.75 Å². The summed E-state index contributed by atoms with van der Waals surface area (Å²) in [6, 6.07) is 12.0. The minimum absolute atomic E-state index is 0.0193. The number of hydrogen-bond donors (Lipinski definition) is 5. The van der Waals surface area contributed by atoms with E-state index < -0.39 is 37.9 Å². The molecule has 2 aromatic carbocycles. The molecule has 2 aromatic rings. The maximum absolute atomic E-state index is 14.0. The molecule has 4 atom stereocenters. The van der Waals surface area contributed by atoms with E-state index in [4.69, 9.17) is 14.5 Å². The van der Waals surface area contributed by atoms with Crippen LogP contribution in [0.3, 0.4) is 0 Å². The van der Waals surface area contributed by atoms with Gasteiger partial charge in [0.25, 0.3) is 0 Å². The number of carbonyl (C=O) groups excluding carboxylic acids is 4. The Hall–Kier alpha value is -3.97. The summed E-state index contributed by atoms with van der Waals surface area (Å²) >= 11 is 0. The molecule has 0 spiro atoms. The number of fused-ring (bicyclic) bond motifs is 1. The summed E-state index contributed by atoms with van der Waals surface area (Å²) in [5.41, 5.74) is 1.30. The molecule has 0 aliphatic carbocycles. The van der Waals surface area contributed by atoms with Gasteiger partial charge in [-0.15, -0.1) is 0 Å². The molecule has 0 radical (unpaired) electrons. The van der Waals surface area contributed by atoms with Crippen molar-refractivity contribution in [2.45, 2.75) is 88.6 Å². The number of ether oxygens (including phenoxy) is 1. The fourth-order valence-electron chi connectivity index (χ4n) is 6.25. The topological polar surface area (TPSA) is 187 Å². The average molecular weight is 702 g/mol. The third kappa shape index (κ3) is 12.1. The zero-order valence-electron chi connectivity index (χ0n) is 28.1. The minimum Gasteiger partial charge on any atom is -0.445 e. The highest BCUT2D eigenvalue weighted by atomic mass is 31.2. The number of rotatable bonds is 15. The van der Waals surface area contributed by atoms with Crippen LogP contribution in [0.1, 0.15) is 62.5 Å². The predicted molar refractivity (Wildman–Crippen MR) is 181 cm³/mol. The number of unbranched alkanes of at least 4 members (excludes halogenated alkanes) is 1. The molecule has 2 saturated heterocycles. The van der Waals surface area contributed by atoms with E-state index in [1.807, 2.05) is 32.3 Å². The number of nitrogens with zero attached hydrogens (tertiary/aromatic N) is 2. The first kappa shape index (κ1) is 37.8. The van der Waals surface area contributed by atoms with E-state index in [1.54, 1.807) is 17.0 Å². The van der Waals surface area contributed by atoms with Gasteiger partial charge in [0.2, 0.25) is 17.7 Å². The molecule has 0 bridgehead atoms. The van der Waals surface area contributed by atoms with Crippen molar-refractivity contribution in [1.82, 2.24) is 25.8 Å². The molecule has 3 unspecified atom stereocenters. The first-order valence-electron chi connectivity index (χ1n) is 16.8. The zero-order valence-corrected chi connectivity index (χ0v) is 29.0. The summed E-state index contributed by atoms with van der Waals surface area (Å²) in [5, 5.41) is 8.47. The standard InChI is InChI=1S/C34H48N5O9P/c1-38(2)21-9-8-20-35-32(41)30-19-16-26-12-6-7-13-28(33(42)39(26)30)36-31(40)29(37-34(43)47-23-25-10-4-3-5-11-25)22-24-14-17-27(18-15-24)48-49(44,45)46/h3-5,10-11,14-15,17-18,26,28-30H,6-9,12-13,16,19-23H2,1-2H3,(H,35,41)(H,36,40)(H,37,43)(H2,44,45,46)/t26?,28?,29-,30?/m0/s1. The Balaban J connectivity index is 1.45. The average Bonchev–Trinajstić information content (AvgIpc) is 3.47. The van der Waals surface area contributed by atoms with Crippen LogP contribution in [0, 0.1) is 0 Å². The molecule has 4 rings (SSSR count). The Morgan fingerprint density at radius 3 is 2.37 bits per heavy atom. The molecule has 2 aliphatic rings. The van der Waals surface area contributed by atoms with Crippen LogP contribution in [-0.2, 0) is 36.7 Å². The van der Waals surface area contributed by atoms with E-state index in [0.717, 1.165) is 37.8 Å². The lowest BCUT2D eigenvalue weighted by Crippen LogP contribution is -2.59. The molecular formula is C34H48N5O9P. The highest BCUT2D eigenvalue weighted by molar-refractivity contribution is 7.46. The van der Waals surface area contributed by atoms with Crippen molar-refractivity contribution in [3.05, 3.63) is 65.7 Å². The Morgan fingerprint density at radius 2 is 1.67 bits per heavy atom. The lowest BCUT2D eigenvalue weighted by Gasteiger charge is -2.35. The van der Waals surface area contributed by atoms with Crippen LogP contribution >= 0.6 is 7.82 Å². The fourth-order valence-corrected chi connectivity index (χ4v) is 6.65. The molecule has 4 amide bonds. The molecule has 2 heterocycles. The summed E-state index contributed by atoms with van der Waals surface area (Å²) in [6.07, 6.45) is 4.91. The van der Waals surface area contributed by atoms with Gasteiger partial charge in [-0.05, 0) is 82.4 Å². The van der Waals surface area contributed by atoms with Crippen molar-refractivity contribution in [3.63, 3.8) is 0 Å². The zero-order chi connectivity index (χ0) is 35.4. The van der Waals surface area contributed by atoms with Gasteiger partial charge in [0, 0.05) is 19.0 Å². The van der Waals surface area contributed by atoms with Crippen molar-refractivity contribution in [2.24, 2.45) is 0 Å². The van der Waals surface area contributed by atoms with Crippen molar-refractivity contribution < 1.29 is 42.8 Å². The van der Waals surface area contributed by atoms with Crippen LogP contribution in [0.25, 0.3) is 0 Å². The van der Waals surface area contributed by atoms with Gasteiger partial charge in [-0.1, -0.05) is 55.3 Å². The number of alkyl carbamates (subject to hydrolysis) is 1. The van der Waals surface area contributed by atoms with Crippen molar-refractivity contribution in [1.29, 1.82) is 0 Å². The van der Waals surface area contributed by atoms with E-state index in [2.05, 4.69) is 25.4 Å². The second-order valence-electron chi connectivity index (χ2n) is 12.8. The van der Waals surface area contributed by atoms with Gasteiger partial charge in [-0.2, -0.15) is 0 Å². The van der Waals surface area contributed by atoms with Crippen LogP contribution in [0.15, 0.2) is 54.6 Å². The largest absolute Gasteiger partial charge is 0.524 e. The Labute approximate surface area is 287 Å². The molecular weight excluding hydrogens is 653 g/mol. The molecule has 268 valence electrons. The third-order valence-corrected chi connectivity index (χ3v) is 9.14. The van der Waals surface area contributed by atoms with E-state index >= 15 is 0 Å². The van der Waals surface area contributed by atoms with Crippen LogP contribution in [0.2, 0.25) is 0 Å². The minimum atomic E-state index is -4.76. The molecule has 0 aromatic heterocycles. The number of amides is 4. The summed E-state index contributed by atoms with van der Waals surface area (Å²) < 4.78 is 21.2. The van der Waals surface area contributed by atoms with Gasteiger partial charge in [0.05, 0.1) is 0 Å². The number of carbonyl (C=O) groups is 4. The van der Waals surface area contributed by atoms with E-state index in [1.165, 1.54) is 24.3 Å². The van der Waals surface area contributed by atoms with Gasteiger partial charge in [0.1, 0.15) is 30.5 Å². The Kier molecular flexibility index (Phi) is 14.0.